The van der Waals surface area contributed by atoms with Crippen molar-refractivity contribution in [1.82, 2.24) is 9.80 Å². The van der Waals surface area contributed by atoms with Gasteiger partial charge in [-0.3, -0.25) is 19.4 Å². The van der Waals surface area contributed by atoms with Gasteiger partial charge in [-0.15, -0.1) is 0 Å². The Morgan fingerprint density at radius 2 is 0.889 bits per heavy atom. The molecule has 45 heavy (non-hydrogen) atoms. The van der Waals surface area contributed by atoms with Gasteiger partial charge < -0.3 is 9.47 Å². The maximum Gasteiger partial charge on any atom is 0.317 e. The summed E-state index contributed by atoms with van der Waals surface area (Å²) in [6.45, 7) is 21.1. The molecule has 6 nitrogen and oxygen atoms in total. The monoisotopic (exact) mass is 618 g/mol. The van der Waals surface area contributed by atoms with Crippen molar-refractivity contribution < 1.29 is 19.1 Å². The lowest BCUT2D eigenvalue weighted by molar-refractivity contribution is -0.155. The van der Waals surface area contributed by atoms with Crippen molar-refractivity contribution in [3.63, 3.8) is 0 Å². The number of rotatable bonds is 12. The average molecular weight is 619 g/mol. The van der Waals surface area contributed by atoms with Crippen molar-refractivity contribution in [2.45, 2.75) is 136 Å². The summed E-state index contributed by atoms with van der Waals surface area (Å²) >= 11 is 0. The van der Waals surface area contributed by atoms with Gasteiger partial charge in [0.05, 0.1) is 13.2 Å². The minimum atomic E-state index is -0.489. The summed E-state index contributed by atoms with van der Waals surface area (Å²) in [4.78, 5) is 30.2. The van der Waals surface area contributed by atoms with Crippen molar-refractivity contribution in [1.29, 1.82) is 0 Å². The maximum absolute atomic E-state index is 12.5. The Bertz CT molecular complexity index is 1120. The molecule has 2 aromatic carbocycles. The van der Waals surface area contributed by atoms with E-state index in [-0.39, 0.29) is 28.6 Å². The molecule has 0 unspecified atom stereocenters. The van der Waals surface area contributed by atoms with Gasteiger partial charge >= 0.3 is 11.9 Å². The molecule has 4 rings (SSSR count). The molecule has 2 fully saturated rings. The Balaban J connectivity index is 1.16. The van der Waals surface area contributed by atoms with Gasteiger partial charge in [0, 0.05) is 35.2 Å². The van der Waals surface area contributed by atoms with Crippen molar-refractivity contribution in [2.75, 3.05) is 13.2 Å². The van der Waals surface area contributed by atoms with Crippen molar-refractivity contribution in [3.05, 3.63) is 71.8 Å². The number of esters is 2. The lowest BCUT2D eigenvalue weighted by Crippen LogP contribution is -2.60. The van der Waals surface area contributed by atoms with Gasteiger partial charge in [-0.1, -0.05) is 60.7 Å². The molecule has 0 amide bonds. The van der Waals surface area contributed by atoms with Crippen molar-refractivity contribution in [3.8, 4) is 0 Å². The number of nitrogens with zero attached hydrogens (tertiary/aromatic N) is 2. The van der Waals surface area contributed by atoms with Crippen LogP contribution in [-0.4, -0.2) is 57.1 Å². The van der Waals surface area contributed by atoms with E-state index in [2.05, 4.69) is 126 Å². The maximum atomic E-state index is 12.5. The molecule has 0 bridgehead atoms. The molecule has 0 aromatic heterocycles. The summed E-state index contributed by atoms with van der Waals surface area (Å²) in [6.07, 6.45) is 5.47. The van der Waals surface area contributed by atoms with Gasteiger partial charge in [0.2, 0.25) is 0 Å². The molecule has 0 aliphatic carbocycles. The van der Waals surface area contributed by atoms with Crippen LogP contribution in [0.1, 0.15) is 111 Å². The fourth-order valence-electron chi connectivity index (χ4n) is 8.74. The zero-order valence-corrected chi connectivity index (χ0v) is 29.2. The van der Waals surface area contributed by atoms with E-state index in [1.165, 1.54) is 11.1 Å². The lowest BCUT2D eigenvalue weighted by Gasteiger charge is -2.55. The highest BCUT2D eigenvalue weighted by Gasteiger charge is 2.46. The zero-order chi connectivity index (χ0) is 32.9. The molecule has 0 radical (unpaired) electrons. The molecule has 2 saturated heterocycles. The standard InChI is InChI=1S/C39H58N2O4/c1-36(2)24-32(25-37(3,4)40(36)28-30-15-11-9-12-16-30)19-21-44-34(42)23-35(43)45-22-20-33-26-38(5,6)41(39(7,8)27-33)29-31-17-13-10-14-18-31/h9-18,32-33H,19-29H2,1-8H3. The van der Waals surface area contributed by atoms with Gasteiger partial charge in [-0.05, 0) is 117 Å². The van der Waals surface area contributed by atoms with E-state index in [1.807, 2.05) is 0 Å². The average Bonchev–Trinajstić information content (AvgIpc) is 2.93. The summed E-state index contributed by atoms with van der Waals surface area (Å²) in [5, 5.41) is 0. The summed E-state index contributed by atoms with van der Waals surface area (Å²) in [6, 6.07) is 21.3. The number of ether oxygens (including phenoxy) is 2. The minimum absolute atomic E-state index is 0.0268. The molecule has 0 saturated carbocycles. The Morgan fingerprint density at radius 3 is 1.20 bits per heavy atom. The van der Waals surface area contributed by atoms with Crippen LogP contribution in [0.4, 0.5) is 0 Å². The van der Waals surface area contributed by atoms with Gasteiger partial charge in [-0.2, -0.15) is 0 Å². The van der Waals surface area contributed by atoms with Gasteiger partial charge in [0.25, 0.3) is 0 Å². The Morgan fingerprint density at radius 1 is 0.578 bits per heavy atom. The molecule has 248 valence electrons. The van der Waals surface area contributed by atoms with Crippen LogP contribution in [-0.2, 0) is 32.2 Å². The number of carbonyl (C=O) groups is 2. The first-order chi connectivity index (χ1) is 21.1. The highest BCUT2D eigenvalue weighted by Crippen LogP contribution is 2.44. The molecular formula is C39H58N2O4. The zero-order valence-electron chi connectivity index (χ0n) is 29.2. The third kappa shape index (κ3) is 9.65. The number of hydrogen-bond acceptors (Lipinski definition) is 6. The summed E-state index contributed by atoms with van der Waals surface area (Å²) in [5.41, 5.74) is 2.76. The van der Waals surface area contributed by atoms with Crippen molar-refractivity contribution >= 4 is 11.9 Å². The first-order valence-electron chi connectivity index (χ1n) is 17.0. The molecule has 0 atom stereocenters. The van der Waals surface area contributed by atoms with E-state index >= 15 is 0 Å². The Hall–Kier alpha value is -2.70. The summed E-state index contributed by atoms with van der Waals surface area (Å²) in [5.74, 6) is -0.0724. The summed E-state index contributed by atoms with van der Waals surface area (Å²) in [7, 11) is 0. The second-order valence-electron chi connectivity index (χ2n) is 16.1. The molecule has 0 N–H and O–H groups in total. The molecule has 2 aromatic rings. The van der Waals surface area contributed by atoms with Gasteiger partial charge in [0.1, 0.15) is 6.42 Å². The van der Waals surface area contributed by atoms with Gasteiger partial charge in [-0.25, -0.2) is 0 Å². The first-order valence-corrected chi connectivity index (χ1v) is 17.0. The molecule has 6 heteroatoms. The highest BCUT2D eigenvalue weighted by molar-refractivity contribution is 5.91. The van der Waals surface area contributed by atoms with Crippen molar-refractivity contribution in [2.24, 2.45) is 11.8 Å². The quantitative estimate of drug-likeness (QED) is 0.177. The fourth-order valence-corrected chi connectivity index (χ4v) is 8.74. The smallest absolute Gasteiger partial charge is 0.317 e. The van der Waals surface area contributed by atoms with Crippen LogP contribution in [0.15, 0.2) is 60.7 Å². The first kappa shape index (κ1) is 35.2. The predicted molar refractivity (Wildman–Crippen MR) is 182 cm³/mol. The molecule has 2 aliphatic heterocycles. The predicted octanol–water partition coefficient (Wildman–Crippen LogP) is 8.18. The largest absolute Gasteiger partial charge is 0.465 e. The van der Waals surface area contributed by atoms with E-state index in [0.717, 1.165) is 51.6 Å². The topological polar surface area (TPSA) is 59.1 Å². The molecule has 2 heterocycles. The normalized spacial score (nSPS) is 21.7. The lowest BCUT2D eigenvalue weighted by atomic mass is 9.72. The minimum Gasteiger partial charge on any atom is -0.465 e. The van der Waals surface area contributed by atoms with E-state index in [1.54, 1.807) is 0 Å². The van der Waals surface area contributed by atoms with Gasteiger partial charge in [0.15, 0.2) is 0 Å². The number of hydrogen-bond donors (Lipinski definition) is 0. The number of piperidine rings is 2. The van der Waals surface area contributed by atoms with Crippen LogP contribution in [0.25, 0.3) is 0 Å². The highest BCUT2D eigenvalue weighted by atomic mass is 16.6. The third-order valence-electron chi connectivity index (χ3n) is 10.3. The van der Waals surface area contributed by atoms with Crippen LogP contribution in [0.3, 0.4) is 0 Å². The summed E-state index contributed by atoms with van der Waals surface area (Å²) < 4.78 is 11.1. The van der Waals surface area contributed by atoms with E-state index < -0.39 is 11.9 Å². The molecular weight excluding hydrogens is 560 g/mol. The van der Waals surface area contributed by atoms with Crippen LogP contribution in [0.2, 0.25) is 0 Å². The van der Waals surface area contributed by atoms with Crippen LogP contribution in [0.5, 0.6) is 0 Å². The number of likely N-dealkylation sites (tertiary alicyclic amines) is 2. The van der Waals surface area contributed by atoms with E-state index in [0.29, 0.717) is 25.0 Å². The second-order valence-corrected chi connectivity index (χ2v) is 16.1. The molecule has 0 spiro atoms. The third-order valence-corrected chi connectivity index (χ3v) is 10.3. The SMILES string of the molecule is CC1(C)CC(CCOC(=O)CC(=O)OCCC2CC(C)(C)N(Cc3ccccc3)C(C)(C)C2)CC(C)(C)N1Cc1ccccc1. The second kappa shape index (κ2) is 14.4. The van der Waals surface area contributed by atoms with Crippen LogP contribution in [0, 0.1) is 11.8 Å². The number of carbonyl (C=O) groups excluding carboxylic acids is 2. The van der Waals surface area contributed by atoms with Crippen LogP contribution >= 0.6 is 0 Å². The fraction of sp³-hybridized carbons (Fsp3) is 0.641. The Kier molecular flexibility index (Phi) is 11.2. The van der Waals surface area contributed by atoms with E-state index in [4.69, 9.17) is 9.47 Å². The number of benzene rings is 2. The Labute approximate surface area is 272 Å². The molecule has 2 aliphatic rings. The van der Waals surface area contributed by atoms with Crippen LogP contribution < -0.4 is 0 Å². The van der Waals surface area contributed by atoms with E-state index in [9.17, 15) is 9.59 Å².